The van der Waals surface area contributed by atoms with Crippen LogP contribution in [0.25, 0.3) is 0 Å². The second-order valence-corrected chi connectivity index (χ2v) is 5.70. The van der Waals surface area contributed by atoms with Gasteiger partial charge in [-0.15, -0.1) is 0 Å². The molecule has 122 valence electrons. The van der Waals surface area contributed by atoms with E-state index >= 15 is 0 Å². The van der Waals surface area contributed by atoms with Gasteiger partial charge in [-0.1, -0.05) is 0 Å². The maximum Gasteiger partial charge on any atom is 0.220 e. The molecule has 3 N–H and O–H groups in total. The molecule has 1 aliphatic heterocycles. The lowest BCUT2D eigenvalue weighted by Crippen LogP contribution is -2.38. The van der Waals surface area contributed by atoms with Crippen LogP contribution in [-0.2, 0) is 4.79 Å². The van der Waals surface area contributed by atoms with E-state index < -0.39 is 0 Å². The fourth-order valence-electron chi connectivity index (χ4n) is 2.83. The quantitative estimate of drug-likeness (QED) is 0.888. The molecule has 7 heteroatoms. The SMILES string of the molecule is N#Cc1nccnc1Nc1ccc(N2CCC(C(N)=O)CC2)cc1. The Bertz CT molecular complexity index is 759. The molecule has 0 unspecified atom stereocenters. The van der Waals surface area contributed by atoms with Crippen molar-refractivity contribution in [2.24, 2.45) is 11.7 Å². The molecular weight excluding hydrogens is 304 g/mol. The minimum atomic E-state index is -0.202. The Hall–Kier alpha value is -3.14. The number of anilines is 3. The number of hydrogen-bond acceptors (Lipinski definition) is 6. The molecule has 1 fully saturated rings. The Morgan fingerprint density at radius 2 is 1.88 bits per heavy atom. The molecule has 0 radical (unpaired) electrons. The third kappa shape index (κ3) is 3.43. The normalized spacial score (nSPS) is 14.9. The number of carbonyl (C=O) groups excluding carboxylic acids is 1. The second-order valence-electron chi connectivity index (χ2n) is 5.70. The van der Waals surface area contributed by atoms with Crippen LogP contribution in [0.15, 0.2) is 36.7 Å². The van der Waals surface area contributed by atoms with E-state index in [9.17, 15) is 4.79 Å². The number of piperidine rings is 1. The van der Waals surface area contributed by atoms with Crippen molar-refractivity contribution < 1.29 is 4.79 Å². The van der Waals surface area contributed by atoms with Gasteiger partial charge in [0, 0.05) is 42.8 Å². The summed E-state index contributed by atoms with van der Waals surface area (Å²) >= 11 is 0. The van der Waals surface area contributed by atoms with Crippen molar-refractivity contribution in [2.45, 2.75) is 12.8 Å². The lowest BCUT2D eigenvalue weighted by Gasteiger charge is -2.32. The summed E-state index contributed by atoms with van der Waals surface area (Å²) in [5.41, 5.74) is 7.56. The number of nitrogens with zero attached hydrogens (tertiary/aromatic N) is 4. The van der Waals surface area contributed by atoms with Gasteiger partial charge in [0.2, 0.25) is 5.91 Å². The molecule has 1 aromatic heterocycles. The number of carbonyl (C=O) groups is 1. The van der Waals surface area contributed by atoms with E-state index in [0.717, 1.165) is 37.3 Å². The van der Waals surface area contributed by atoms with Crippen LogP contribution >= 0.6 is 0 Å². The van der Waals surface area contributed by atoms with Crippen LogP contribution < -0.4 is 16.0 Å². The molecule has 1 saturated heterocycles. The van der Waals surface area contributed by atoms with Crippen molar-refractivity contribution in [1.29, 1.82) is 5.26 Å². The van der Waals surface area contributed by atoms with E-state index in [1.54, 1.807) is 6.20 Å². The van der Waals surface area contributed by atoms with Gasteiger partial charge in [-0.3, -0.25) is 4.79 Å². The molecule has 0 saturated carbocycles. The molecule has 2 heterocycles. The summed E-state index contributed by atoms with van der Waals surface area (Å²) in [7, 11) is 0. The van der Waals surface area contributed by atoms with E-state index in [1.807, 2.05) is 30.3 Å². The summed E-state index contributed by atoms with van der Waals surface area (Å²) in [5.74, 6) is 0.227. The topological polar surface area (TPSA) is 108 Å². The zero-order chi connectivity index (χ0) is 16.9. The lowest BCUT2D eigenvalue weighted by molar-refractivity contribution is -0.122. The highest BCUT2D eigenvalue weighted by Crippen LogP contribution is 2.25. The molecule has 0 atom stereocenters. The fraction of sp³-hybridized carbons (Fsp3) is 0.294. The van der Waals surface area contributed by atoms with Gasteiger partial charge in [-0.2, -0.15) is 5.26 Å². The number of rotatable bonds is 4. The van der Waals surface area contributed by atoms with Crippen LogP contribution in [-0.4, -0.2) is 29.0 Å². The second kappa shape index (κ2) is 6.96. The monoisotopic (exact) mass is 322 g/mol. The van der Waals surface area contributed by atoms with Crippen molar-refractivity contribution in [1.82, 2.24) is 9.97 Å². The van der Waals surface area contributed by atoms with Crippen LogP contribution in [0.5, 0.6) is 0 Å². The van der Waals surface area contributed by atoms with Gasteiger partial charge in [0.05, 0.1) is 0 Å². The molecule has 0 bridgehead atoms. The summed E-state index contributed by atoms with van der Waals surface area (Å²) in [5, 5.41) is 12.1. The van der Waals surface area contributed by atoms with E-state index in [4.69, 9.17) is 11.0 Å². The van der Waals surface area contributed by atoms with Gasteiger partial charge in [-0.25, -0.2) is 9.97 Å². The minimum absolute atomic E-state index is 0.0109. The number of nitrogens with two attached hydrogens (primary N) is 1. The van der Waals surface area contributed by atoms with Crippen molar-refractivity contribution in [3.63, 3.8) is 0 Å². The molecule has 1 aromatic carbocycles. The average Bonchev–Trinajstić information content (AvgIpc) is 2.63. The highest BCUT2D eigenvalue weighted by molar-refractivity contribution is 5.77. The van der Waals surface area contributed by atoms with E-state index in [1.165, 1.54) is 6.20 Å². The van der Waals surface area contributed by atoms with Gasteiger partial charge in [-0.05, 0) is 37.1 Å². The molecule has 7 nitrogen and oxygen atoms in total. The standard InChI is InChI=1S/C17H18N6O/c18-11-15-17(21-8-7-20-15)22-13-1-3-14(4-2-13)23-9-5-12(6-10-23)16(19)24/h1-4,7-8,12H,5-6,9-10H2,(H2,19,24)(H,21,22). The van der Waals surface area contributed by atoms with E-state index in [0.29, 0.717) is 5.82 Å². The van der Waals surface area contributed by atoms with Crippen molar-refractivity contribution in [3.05, 3.63) is 42.4 Å². The van der Waals surface area contributed by atoms with Crippen LogP contribution in [0.1, 0.15) is 18.5 Å². The molecular formula is C17H18N6O. The first kappa shape index (κ1) is 15.7. The fourth-order valence-corrected chi connectivity index (χ4v) is 2.83. The first-order valence-electron chi connectivity index (χ1n) is 7.80. The molecule has 2 aromatic rings. The first-order valence-corrected chi connectivity index (χ1v) is 7.80. The van der Waals surface area contributed by atoms with Crippen molar-refractivity contribution in [3.8, 4) is 6.07 Å². The largest absolute Gasteiger partial charge is 0.371 e. The first-order chi connectivity index (χ1) is 11.7. The Labute approximate surface area is 140 Å². The molecule has 3 rings (SSSR count). The summed E-state index contributed by atoms with van der Waals surface area (Å²) < 4.78 is 0. The smallest absolute Gasteiger partial charge is 0.220 e. The number of hydrogen-bond donors (Lipinski definition) is 2. The van der Waals surface area contributed by atoms with Crippen LogP contribution in [0, 0.1) is 17.2 Å². The third-order valence-electron chi connectivity index (χ3n) is 4.20. The van der Waals surface area contributed by atoms with Gasteiger partial charge in [0.15, 0.2) is 11.5 Å². The molecule has 1 aliphatic rings. The highest BCUT2D eigenvalue weighted by Gasteiger charge is 2.23. The van der Waals surface area contributed by atoms with Crippen LogP contribution in [0.3, 0.4) is 0 Å². The lowest BCUT2D eigenvalue weighted by atomic mass is 9.96. The van der Waals surface area contributed by atoms with E-state index in [2.05, 4.69) is 20.2 Å². The van der Waals surface area contributed by atoms with E-state index in [-0.39, 0.29) is 17.5 Å². The minimum Gasteiger partial charge on any atom is -0.371 e. The predicted molar refractivity (Wildman–Crippen MR) is 90.6 cm³/mol. The Morgan fingerprint density at radius 3 is 2.50 bits per heavy atom. The van der Waals surface area contributed by atoms with Crippen LogP contribution in [0.4, 0.5) is 17.2 Å². The predicted octanol–water partition coefficient (Wildman–Crippen LogP) is 1.79. The molecule has 24 heavy (non-hydrogen) atoms. The third-order valence-corrected chi connectivity index (χ3v) is 4.20. The van der Waals surface area contributed by atoms with Crippen molar-refractivity contribution in [2.75, 3.05) is 23.3 Å². The number of nitriles is 1. The van der Waals surface area contributed by atoms with Crippen LogP contribution in [0.2, 0.25) is 0 Å². The zero-order valence-corrected chi connectivity index (χ0v) is 13.1. The summed E-state index contributed by atoms with van der Waals surface area (Å²) in [4.78, 5) is 21.6. The van der Waals surface area contributed by atoms with Gasteiger partial charge >= 0.3 is 0 Å². The maximum atomic E-state index is 11.2. The molecule has 0 spiro atoms. The average molecular weight is 322 g/mol. The summed E-state index contributed by atoms with van der Waals surface area (Å²) in [6.07, 6.45) is 4.61. The molecule has 0 aliphatic carbocycles. The number of benzene rings is 1. The number of aromatic nitrogens is 2. The number of primary amides is 1. The maximum absolute atomic E-state index is 11.2. The zero-order valence-electron chi connectivity index (χ0n) is 13.1. The van der Waals surface area contributed by atoms with Gasteiger partial charge < -0.3 is 16.0 Å². The van der Waals surface area contributed by atoms with Gasteiger partial charge in [0.1, 0.15) is 6.07 Å². The number of nitrogens with one attached hydrogen (secondary N) is 1. The summed E-state index contributed by atoms with van der Waals surface area (Å²) in [6.45, 7) is 1.65. The Morgan fingerprint density at radius 1 is 1.21 bits per heavy atom. The summed E-state index contributed by atoms with van der Waals surface area (Å²) in [6, 6.07) is 9.90. The highest BCUT2D eigenvalue weighted by atomic mass is 16.1. The Balaban J connectivity index is 1.66. The van der Waals surface area contributed by atoms with Crippen molar-refractivity contribution >= 4 is 23.1 Å². The van der Waals surface area contributed by atoms with Gasteiger partial charge in [0.25, 0.3) is 0 Å². The Kier molecular flexibility index (Phi) is 4.57. The molecule has 1 amide bonds. The number of amides is 1.